The fourth-order valence-electron chi connectivity index (χ4n) is 2.91. The van der Waals surface area contributed by atoms with Crippen molar-refractivity contribution >= 4 is 46.4 Å². The third-order valence-corrected chi connectivity index (χ3v) is 5.51. The number of methoxy groups -OCH3 is 1. The number of hydrogen-bond acceptors (Lipinski definition) is 4. The van der Waals surface area contributed by atoms with E-state index in [0.29, 0.717) is 32.5 Å². The number of rotatable bonds is 5. The van der Waals surface area contributed by atoms with Crippen molar-refractivity contribution in [1.82, 2.24) is 0 Å². The van der Waals surface area contributed by atoms with Gasteiger partial charge >= 0.3 is 0 Å². The molecular weight excluding hydrogens is 382 g/mol. The molecule has 0 unspecified atom stereocenters. The van der Waals surface area contributed by atoms with Crippen LogP contribution in [0.5, 0.6) is 5.75 Å². The maximum atomic E-state index is 13.3. The van der Waals surface area contributed by atoms with Crippen LogP contribution in [-0.2, 0) is 9.59 Å². The summed E-state index contributed by atoms with van der Waals surface area (Å²) in [6.07, 6.45) is 0. The standard InChI is InChI=1S/C21H20ClNO3S/c1-12(2)27-19-18(14-6-9-16(26-4)10-7-14)20(24)23(21(19)25)17-11-15(22)8-5-13(17)3/h5-12H,1-4H3. The van der Waals surface area contributed by atoms with E-state index in [4.69, 9.17) is 16.3 Å². The van der Waals surface area contributed by atoms with Crippen LogP contribution in [0.2, 0.25) is 5.02 Å². The van der Waals surface area contributed by atoms with Gasteiger partial charge in [0.25, 0.3) is 11.8 Å². The molecule has 1 aliphatic rings. The number of carbonyl (C=O) groups is 2. The normalized spacial score (nSPS) is 14.5. The fourth-order valence-corrected chi connectivity index (χ4v) is 4.06. The Morgan fingerprint density at radius 2 is 1.70 bits per heavy atom. The third-order valence-electron chi connectivity index (χ3n) is 4.19. The summed E-state index contributed by atoms with van der Waals surface area (Å²) in [6, 6.07) is 12.4. The highest BCUT2D eigenvalue weighted by molar-refractivity contribution is 8.04. The van der Waals surface area contributed by atoms with Crippen LogP contribution < -0.4 is 9.64 Å². The molecule has 0 N–H and O–H groups in total. The quantitative estimate of drug-likeness (QED) is 0.655. The van der Waals surface area contributed by atoms with Gasteiger partial charge in [0, 0.05) is 10.3 Å². The Bertz CT molecular complexity index is 935. The summed E-state index contributed by atoms with van der Waals surface area (Å²) in [4.78, 5) is 28.2. The average molecular weight is 402 g/mol. The molecule has 0 aromatic heterocycles. The maximum absolute atomic E-state index is 13.3. The first-order chi connectivity index (χ1) is 12.8. The number of benzene rings is 2. The van der Waals surface area contributed by atoms with Crippen LogP contribution in [0.1, 0.15) is 25.0 Å². The van der Waals surface area contributed by atoms with Gasteiger partial charge in [-0.3, -0.25) is 9.59 Å². The highest BCUT2D eigenvalue weighted by atomic mass is 35.5. The monoisotopic (exact) mass is 401 g/mol. The Morgan fingerprint density at radius 3 is 2.30 bits per heavy atom. The Labute approximate surface area is 168 Å². The van der Waals surface area contributed by atoms with Gasteiger partial charge in [0.05, 0.1) is 23.3 Å². The minimum atomic E-state index is -0.335. The highest BCUT2D eigenvalue weighted by Gasteiger charge is 2.41. The van der Waals surface area contributed by atoms with Crippen LogP contribution in [-0.4, -0.2) is 24.2 Å². The number of hydrogen-bond donors (Lipinski definition) is 0. The van der Waals surface area contributed by atoms with E-state index in [1.807, 2.05) is 20.8 Å². The predicted molar refractivity (Wildman–Crippen MR) is 111 cm³/mol. The summed E-state index contributed by atoms with van der Waals surface area (Å²) >= 11 is 7.51. The largest absolute Gasteiger partial charge is 0.497 e. The molecule has 6 heteroatoms. The summed E-state index contributed by atoms with van der Waals surface area (Å²) in [5, 5.41) is 0.637. The van der Waals surface area contributed by atoms with Gasteiger partial charge in [-0.25, -0.2) is 4.90 Å². The molecule has 0 aliphatic carbocycles. The van der Waals surface area contributed by atoms with Gasteiger partial charge in [-0.1, -0.05) is 43.6 Å². The summed E-state index contributed by atoms with van der Waals surface area (Å²) in [5.74, 6) is 0.0466. The number of aryl methyl sites for hydroxylation is 1. The smallest absolute Gasteiger partial charge is 0.272 e. The SMILES string of the molecule is COc1ccc(C2=C(SC(C)C)C(=O)N(c3cc(Cl)ccc3C)C2=O)cc1. The van der Waals surface area contributed by atoms with E-state index in [2.05, 4.69) is 0 Å². The number of carbonyl (C=O) groups excluding carboxylic acids is 2. The van der Waals surface area contributed by atoms with Crippen LogP contribution in [0, 0.1) is 6.92 Å². The fraction of sp³-hybridized carbons (Fsp3) is 0.238. The lowest BCUT2D eigenvalue weighted by Crippen LogP contribution is -2.32. The molecule has 3 rings (SSSR count). The summed E-state index contributed by atoms with van der Waals surface area (Å²) in [7, 11) is 1.59. The topological polar surface area (TPSA) is 46.6 Å². The Balaban J connectivity index is 2.12. The number of anilines is 1. The van der Waals surface area contributed by atoms with E-state index < -0.39 is 0 Å². The molecule has 140 valence electrons. The number of ether oxygens (including phenoxy) is 1. The molecule has 0 radical (unpaired) electrons. The van der Waals surface area contributed by atoms with E-state index in [1.54, 1.807) is 49.6 Å². The molecule has 0 fully saturated rings. The molecule has 0 atom stereocenters. The van der Waals surface area contributed by atoms with E-state index in [9.17, 15) is 9.59 Å². The summed E-state index contributed by atoms with van der Waals surface area (Å²) in [5.41, 5.74) is 2.44. The molecule has 0 saturated carbocycles. The van der Waals surface area contributed by atoms with Crippen molar-refractivity contribution in [3.05, 3.63) is 63.5 Å². The third kappa shape index (κ3) is 3.75. The number of imide groups is 1. The Kier molecular flexibility index (Phi) is 5.63. The lowest BCUT2D eigenvalue weighted by atomic mass is 10.1. The molecule has 2 aromatic carbocycles. The van der Waals surface area contributed by atoms with Gasteiger partial charge in [-0.2, -0.15) is 0 Å². The molecular formula is C21H20ClNO3S. The highest BCUT2D eigenvalue weighted by Crippen LogP contribution is 2.41. The van der Waals surface area contributed by atoms with E-state index in [1.165, 1.54) is 16.7 Å². The van der Waals surface area contributed by atoms with Gasteiger partial charge < -0.3 is 4.74 Å². The van der Waals surface area contributed by atoms with Crippen LogP contribution in [0.15, 0.2) is 47.4 Å². The molecule has 1 heterocycles. The van der Waals surface area contributed by atoms with E-state index >= 15 is 0 Å². The first kappa shape index (κ1) is 19.5. The number of thioether (sulfide) groups is 1. The van der Waals surface area contributed by atoms with Gasteiger partial charge in [0.2, 0.25) is 0 Å². The molecule has 27 heavy (non-hydrogen) atoms. The molecule has 4 nitrogen and oxygen atoms in total. The first-order valence-corrected chi connectivity index (χ1v) is 9.79. The van der Waals surface area contributed by atoms with E-state index in [0.717, 1.165) is 5.56 Å². The van der Waals surface area contributed by atoms with Crippen molar-refractivity contribution < 1.29 is 14.3 Å². The molecule has 1 aliphatic heterocycles. The van der Waals surface area contributed by atoms with Gasteiger partial charge in [-0.05, 0) is 42.3 Å². The second kappa shape index (κ2) is 7.79. The zero-order valence-corrected chi connectivity index (χ0v) is 17.1. The predicted octanol–water partition coefficient (Wildman–Crippen LogP) is 5.08. The summed E-state index contributed by atoms with van der Waals surface area (Å²) in [6.45, 7) is 5.84. The Morgan fingerprint density at radius 1 is 1.04 bits per heavy atom. The zero-order valence-electron chi connectivity index (χ0n) is 15.6. The van der Waals surface area contributed by atoms with Crippen molar-refractivity contribution in [2.24, 2.45) is 0 Å². The maximum Gasteiger partial charge on any atom is 0.272 e. The van der Waals surface area contributed by atoms with Crippen molar-refractivity contribution in [1.29, 1.82) is 0 Å². The van der Waals surface area contributed by atoms with Gasteiger partial charge in [-0.15, -0.1) is 11.8 Å². The molecule has 2 amide bonds. The average Bonchev–Trinajstić information content (AvgIpc) is 2.87. The molecule has 0 saturated heterocycles. The van der Waals surface area contributed by atoms with Crippen LogP contribution in [0.3, 0.4) is 0 Å². The first-order valence-electron chi connectivity index (χ1n) is 8.53. The number of nitrogens with zero attached hydrogens (tertiary/aromatic N) is 1. The molecule has 0 bridgehead atoms. The van der Waals surface area contributed by atoms with Crippen molar-refractivity contribution in [3.8, 4) is 5.75 Å². The number of amides is 2. The van der Waals surface area contributed by atoms with Crippen LogP contribution >= 0.6 is 23.4 Å². The summed E-state index contributed by atoms with van der Waals surface area (Å²) < 4.78 is 5.19. The van der Waals surface area contributed by atoms with E-state index in [-0.39, 0.29) is 17.1 Å². The van der Waals surface area contributed by atoms with Crippen LogP contribution in [0.25, 0.3) is 5.57 Å². The van der Waals surface area contributed by atoms with Crippen molar-refractivity contribution in [2.75, 3.05) is 12.0 Å². The van der Waals surface area contributed by atoms with Gasteiger partial charge in [0.1, 0.15) is 5.75 Å². The van der Waals surface area contributed by atoms with Gasteiger partial charge in [0.15, 0.2) is 0 Å². The second-order valence-electron chi connectivity index (χ2n) is 6.48. The zero-order chi connectivity index (χ0) is 19.7. The second-order valence-corrected chi connectivity index (χ2v) is 8.50. The van der Waals surface area contributed by atoms with Crippen LogP contribution in [0.4, 0.5) is 5.69 Å². The Hall–Kier alpha value is -2.24. The molecule has 2 aromatic rings. The lowest BCUT2D eigenvalue weighted by molar-refractivity contribution is -0.119. The minimum absolute atomic E-state index is 0.158. The minimum Gasteiger partial charge on any atom is -0.497 e. The number of halogens is 1. The van der Waals surface area contributed by atoms with Crippen molar-refractivity contribution in [3.63, 3.8) is 0 Å². The molecule has 0 spiro atoms. The van der Waals surface area contributed by atoms with Crippen molar-refractivity contribution in [2.45, 2.75) is 26.0 Å². The lowest BCUT2D eigenvalue weighted by Gasteiger charge is -2.18.